The van der Waals surface area contributed by atoms with Gasteiger partial charge in [0.15, 0.2) is 9.84 Å². The monoisotopic (exact) mass is 385 g/mol. The van der Waals surface area contributed by atoms with Crippen molar-refractivity contribution in [3.63, 3.8) is 0 Å². The maximum atomic E-state index is 12.8. The van der Waals surface area contributed by atoms with Crippen molar-refractivity contribution in [2.24, 2.45) is 0 Å². The number of carbonyl (C=O) groups excluding carboxylic acids is 1. The fraction of sp³-hybridized carbons (Fsp3) is 0.188. The van der Waals surface area contributed by atoms with E-state index in [9.17, 15) is 26.0 Å². The van der Waals surface area contributed by atoms with Crippen LogP contribution in [-0.2, 0) is 31.4 Å². The summed E-state index contributed by atoms with van der Waals surface area (Å²) in [6.07, 6.45) is 1.06. The number of carbonyl (C=O) groups is 1. The smallest absolute Gasteiger partial charge is 0.264 e. The quantitative estimate of drug-likeness (QED) is 0.815. The number of benzene rings is 2. The molecule has 0 bridgehead atoms. The third kappa shape index (κ3) is 6.28. The molecule has 2 aromatic rings. The van der Waals surface area contributed by atoms with E-state index in [2.05, 4.69) is 0 Å². The third-order valence-electron chi connectivity index (χ3n) is 3.14. The number of amides is 1. The minimum absolute atomic E-state index is 0.0313. The topological polar surface area (TPSA) is 97.4 Å². The second-order valence-electron chi connectivity index (χ2n) is 5.59. The Morgan fingerprint density at radius 2 is 1.60 bits per heavy atom. The lowest BCUT2D eigenvalue weighted by Gasteiger charge is -2.08. The van der Waals surface area contributed by atoms with Gasteiger partial charge in [0.05, 0.1) is 11.5 Å². The van der Waals surface area contributed by atoms with Crippen LogP contribution in [0.2, 0.25) is 0 Å². The number of hydrogen-bond acceptors (Lipinski definition) is 5. The van der Waals surface area contributed by atoms with Crippen LogP contribution in [0.15, 0.2) is 48.5 Å². The average Bonchev–Trinajstić information content (AvgIpc) is 2.47. The van der Waals surface area contributed by atoms with Gasteiger partial charge in [0, 0.05) is 11.8 Å². The molecule has 0 saturated heterocycles. The molecule has 0 unspecified atom stereocenters. The molecule has 0 aliphatic heterocycles. The van der Waals surface area contributed by atoms with E-state index in [4.69, 9.17) is 0 Å². The van der Waals surface area contributed by atoms with Crippen LogP contribution in [0.3, 0.4) is 0 Å². The second-order valence-corrected chi connectivity index (χ2v) is 9.45. The van der Waals surface area contributed by atoms with E-state index in [0.29, 0.717) is 11.1 Å². The molecule has 25 heavy (non-hydrogen) atoms. The highest BCUT2D eigenvalue weighted by Crippen LogP contribution is 2.11. The molecule has 0 heterocycles. The Balaban J connectivity index is 2.12. The minimum atomic E-state index is -3.98. The van der Waals surface area contributed by atoms with Gasteiger partial charge in [-0.3, -0.25) is 4.79 Å². The van der Waals surface area contributed by atoms with Crippen LogP contribution in [0.5, 0.6) is 0 Å². The SMILES string of the molecule is CS(=O)(=O)Cc1cccc(C(=O)NS(=O)(=O)Cc2ccc(F)cc2)c1. The van der Waals surface area contributed by atoms with Gasteiger partial charge in [-0.15, -0.1) is 0 Å². The van der Waals surface area contributed by atoms with E-state index in [-0.39, 0.29) is 11.3 Å². The molecule has 0 spiro atoms. The van der Waals surface area contributed by atoms with Gasteiger partial charge in [0.2, 0.25) is 10.0 Å². The zero-order valence-electron chi connectivity index (χ0n) is 13.3. The van der Waals surface area contributed by atoms with Crippen LogP contribution in [0.25, 0.3) is 0 Å². The number of rotatable bonds is 6. The lowest BCUT2D eigenvalue weighted by atomic mass is 10.1. The highest BCUT2D eigenvalue weighted by Gasteiger charge is 2.17. The van der Waals surface area contributed by atoms with Crippen molar-refractivity contribution in [3.05, 3.63) is 71.0 Å². The van der Waals surface area contributed by atoms with Gasteiger partial charge in [0.1, 0.15) is 5.82 Å². The number of hydrogen-bond donors (Lipinski definition) is 1. The van der Waals surface area contributed by atoms with Crippen molar-refractivity contribution < 1.29 is 26.0 Å². The summed E-state index contributed by atoms with van der Waals surface area (Å²) in [5, 5.41) is 0. The predicted octanol–water partition coefficient (Wildman–Crippen LogP) is 1.63. The van der Waals surface area contributed by atoms with E-state index in [1.807, 2.05) is 4.72 Å². The summed E-state index contributed by atoms with van der Waals surface area (Å²) in [5.74, 6) is -2.09. The first-order chi connectivity index (χ1) is 11.5. The summed E-state index contributed by atoms with van der Waals surface area (Å²) in [6.45, 7) is 0. The average molecular weight is 385 g/mol. The Labute approximate surface area is 145 Å². The van der Waals surface area contributed by atoms with Crippen molar-refractivity contribution in [2.45, 2.75) is 11.5 Å². The number of halogens is 1. The molecule has 1 amide bonds. The molecular formula is C16H16FNO5S2. The molecule has 134 valence electrons. The summed E-state index contributed by atoms with van der Waals surface area (Å²) >= 11 is 0. The van der Waals surface area contributed by atoms with E-state index in [1.165, 1.54) is 36.4 Å². The summed E-state index contributed by atoms with van der Waals surface area (Å²) < 4.78 is 61.5. The first kappa shape index (κ1) is 19.1. The minimum Gasteiger partial charge on any atom is -0.268 e. The Morgan fingerprint density at radius 1 is 0.960 bits per heavy atom. The van der Waals surface area contributed by atoms with Crippen LogP contribution in [-0.4, -0.2) is 29.0 Å². The zero-order valence-corrected chi connectivity index (χ0v) is 14.9. The van der Waals surface area contributed by atoms with Crippen LogP contribution in [0.1, 0.15) is 21.5 Å². The molecular weight excluding hydrogens is 369 g/mol. The predicted molar refractivity (Wildman–Crippen MR) is 91.5 cm³/mol. The van der Waals surface area contributed by atoms with Gasteiger partial charge in [0.25, 0.3) is 5.91 Å². The molecule has 0 aliphatic rings. The molecule has 2 rings (SSSR count). The Hall–Kier alpha value is -2.26. The largest absolute Gasteiger partial charge is 0.268 e. The molecule has 0 saturated carbocycles. The molecule has 9 heteroatoms. The van der Waals surface area contributed by atoms with Crippen molar-refractivity contribution in [2.75, 3.05) is 6.26 Å². The lowest BCUT2D eigenvalue weighted by molar-refractivity contribution is 0.0981. The second kappa shape index (κ2) is 7.32. The van der Waals surface area contributed by atoms with Crippen LogP contribution < -0.4 is 4.72 Å². The van der Waals surface area contributed by atoms with Gasteiger partial charge in [-0.05, 0) is 35.4 Å². The van der Waals surface area contributed by atoms with Gasteiger partial charge in [-0.1, -0.05) is 24.3 Å². The maximum Gasteiger partial charge on any atom is 0.264 e. The third-order valence-corrected chi connectivity index (χ3v) is 5.20. The van der Waals surface area contributed by atoms with Gasteiger partial charge >= 0.3 is 0 Å². The maximum absolute atomic E-state index is 12.8. The fourth-order valence-corrected chi connectivity index (χ4v) is 4.03. The van der Waals surface area contributed by atoms with Crippen molar-refractivity contribution in [1.82, 2.24) is 4.72 Å². The summed E-state index contributed by atoms with van der Waals surface area (Å²) in [5.41, 5.74) is 0.738. The summed E-state index contributed by atoms with van der Waals surface area (Å²) in [4.78, 5) is 12.1. The van der Waals surface area contributed by atoms with E-state index < -0.39 is 37.3 Å². The van der Waals surface area contributed by atoms with Gasteiger partial charge in [-0.2, -0.15) is 0 Å². The highest BCUT2D eigenvalue weighted by molar-refractivity contribution is 7.90. The fourth-order valence-electron chi connectivity index (χ4n) is 2.14. The first-order valence-electron chi connectivity index (χ1n) is 7.10. The standard InChI is InChI=1S/C16H16FNO5S2/c1-24(20,21)10-13-3-2-4-14(9-13)16(19)18-25(22,23)11-12-5-7-15(17)8-6-12/h2-9H,10-11H2,1H3,(H,18,19). The summed E-state index contributed by atoms with van der Waals surface area (Å²) in [7, 11) is -7.26. The number of sulfone groups is 1. The van der Waals surface area contributed by atoms with Crippen LogP contribution >= 0.6 is 0 Å². The molecule has 1 N–H and O–H groups in total. The lowest BCUT2D eigenvalue weighted by Crippen LogP contribution is -2.31. The first-order valence-corrected chi connectivity index (χ1v) is 10.8. The molecule has 6 nitrogen and oxygen atoms in total. The van der Waals surface area contributed by atoms with Gasteiger partial charge < -0.3 is 0 Å². The van der Waals surface area contributed by atoms with E-state index in [1.54, 1.807) is 0 Å². The number of sulfonamides is 1. The molecule has 0 fully saturated rings. The normalized spacial score (nSPS) is 11.9. The van der Waals surface area contributed by atoms with E-state index >= 15 is 0 Å². The molecule has 0 atom stereocenters. The van der Waals surface area contributed by atoms with Crippen molar-refractivity contribution in [3.8, 4) is 0 Å². The Morgan fingerprint density at radius 3 is 2.20 bits per heavy atom. The molecule has 2 aromatic carbocycles. The van der Waals surface area contributed by atoms with E-state index in [0.717, 1.165) is 18.4 Å². The van der Waals surface area contributed by atoms with Crippen molar-refractivity contribution in [1.29, 1.82) is 0 Å². The van der Waals surface area contributed by atoms with Crippen LogP contribution in [0.4, 0.5) is 4.39 Å². The van der Waals surface area contributed by atoms with Gasteiger partial charge in [-0.25, -0.2) is 25.9 Å². The Kier molecular flexibility index (Phi) is 5.58. The molecule has 0 aromatic heterocycles. The number of nitrogens with one attached hydrogen (secondary N) is 1. The highest BCUT2D eigenvalue weighted by atomic mass is 32.2. The van der Waals surface area contributed by atoms with Crippen LogP contribution in [0, 0.1) is 5.82 Å². The molecule has 0 aliphatic carbocycles. The van der Waals surface area contributed by atoms with Crippen molar-refractivity contribution >= 4 is 25.8 Å². The molecule has 0 radical (unpaired) electrons. The zero-order chi connectivity index (χ0) is 18.7. The Bertz CT molecular complexity index is 983. The summed E-state index contributed by atoms with van der Waals surface area (Å²) in [6, 6.07) is 10.6.